The van der Waals surface area contributed by atoms with Gasteiger partial charge >= 0.3 is 0 Å². The highest BCUT2D eigenvalue weighted by atomic mass is 35.5. The Morgan fingerprint density at radius 2 is 1.92 bits per heavy atom. The Kier molecular flexibility index (Phi) is 8.16. The molecule has 2 aromatic rings. The van der Waals surface area contributed by atoms with Crippen molar-refractivity contribution in [3.05, 3.63) is 54.2 Å². The molecular formula is C18H24Cl2N4O. The van der Waals surface area contributed by atoms with Crippen molar-refractivity contribution in [1.82, 2.24) is 9.88 Å². The molecule has 1 unspecified atom stereocenters. The number of halogens is 2. The summed E-state index contributed by atoms with van der Waals surface area (Å²) in [5.41, 5.74) is 7.62. The second kappa shape index (κ2) is 9.61. The van der Waals surface area contributed by atoms with Gasteiger partial charge in [0.1, 0.15) is 5.82 Å². The molecule has 1 saturated heterocycles. The molecule has 1 amide bonds. The summed E-state index contributed by atoms with van der Waals surface area (Å²) >= 11 is 0. The monoisotopic (exact) mass is 382 g/mol. The minimum absolute atomic E-state index is 0. The number of anilines is 2. The van der Waals surface area contributed by atoms with Crippen LogP contribution in [0.5, 0.6) is 0 Å². The summed E-state index contributed by atoms with van der Waals surface area (Å²) in [5, 5.41) is 0. The summed E-state index contributed by atoms with van der Waals surface area (Å²) in [6, 6.07) is 13.8. The molecule has 1 aromatic heterocycles. The maximum absolute atomic E-state index is 12.5. The molecule has 2 N–H and O–H groups in total. The van der Waals surface area contributed by atoms with Crippen molar-refractivity contribution in [2.24, 2.45) is 5.73 Å². The predicted octanol–water partition coefficient (Wildman–Crippen LogP) is 3.26. The molecule has 1 aliphatic heterocycles. The Labute approximate surface area is 161 Å². The average Bonchev–Trinajstić information content (AvgIpc) is 2.61. The fraction of sp³-hybridized carbons (Fsp3) is 0.333. The van der Waals surface area contributed by atoms with Crippen LogP contribution in [0.2, 0.25) is 0 Å². The summed E-state index contributed by atoms with van der Waals surface area (Å²) in [4.78, 5) is 20.8. The number of hydrogen-bond donors (Lipinski definition) is 1. The number of para-hydroxylation sites is 1. The van der Waals surface area contributed by atoms with Crippen molar-refractivity contribution >= 4 is 42.2 Å². The van der Waals surface area contributed by atoms with Crippen LogP contribution in [0, 0.1) is 0 Å². The molecule has 0 saturated carbocycles. The van der Waals surface area contributed by atoms with E-state index in [9.17, 15) is 4.79 Å². The van der Waals surface area contributed by atoms with Gasteiger partial charge in [0.15, 0.2) is 0 Å². The van der Waals surface area contributed by atoms with E-state index < -0.39 is 0 Å². The topological polar surface area (TPSA) is 62.5 Å². The largest absolute Gasteiger partial charge is 0.337 e. The third-order valence-corrected chi connectivity index (χ3v) is 4.23. The van der Waals surface area contributed by atoms with Crippen LogP contribution in [-0.2, 0) is 0 Å². The van der Waals surface area contributed by atoms with Gasteiger partial charge in [-0.3, -0.25) is 4.79 Å². The van der Waals surface area contributed by atoms with Crippen LogP contribution >= 0.6 is 24.8 Å². The standard InChI is InChI=1S/C18H22N4O.2ClH/c1-21(16-7-3-2-4-8-16)17-10-9-14(12-20-17)18(23)22-11-5-6-15(19)13-22;;/h2-4,7-10,12,15H,5-6,11,13,19H2,1H3;2*1H. The number of carbonyl (C=O) groups excluding carboxylic acids is 1. The molecule has 0 bridgehead atoms. The van der Waals surface area contributed by atoms with Gasteiger partial charge in [-0.15, -0.1) is 24.8 Å². The Hall–Kier alpha value is -1.82. The van der Waals surface area contributed by atoms with Crippen LogP contribution in [0.3, 0.4) is 0 Å². The van der Waals surface area contributed by atoms with Crippen molar-refractivity contribution < 1.29 is 4.79 Å². The van der Waals surface area contributed by atoms with Crippen LogP contribution in [-0.4, -0.2) is 42.0 Å². The summed E-state index contributed by atoms with van der Waals surface area (Å²) < 4.78 is 0. The van der Waals surface area contributed by atoms with Crippen molar-refractivity contribution in [2.75, 3.05) is 25.0 Å². The summed E-state index contributed by atoms with van der Waals surface area (Å²) in [5.74, 6) is 0.824. The second-order valence-corrected chi connectivity index (χ2v) is 5.95. The van der Waals surface area contributed by atoms with Crippen LogP contribution in [0.1, 0.15) is 23.2 Å². The van der Waals surface area contributed by atoms with Gasteiger partial charge < -0.3 is 15.5 Å². The van der Waals surface area contributed by atoms with Crippen LogP contribution in [0.4, 0.5) is 11.5 Å². The average molecular weight is 383 g/mol. The molecule has 3 rings (SSSR count). The van der Waals surface area contributed by atoms with E-state index in [2.05, 4.69) is 4.98 Å². The third-order valence-electron chi connectivity index (χ3n) is 4.23. The molecule has 0 aliphatic carbocycles. The van der Waals surface area contributed by atoms with Gasteiger partial charge in [-0.1, -0.05) is 18.2 Å². The zero-order chi connectivity index (χ0) is 16.2. The first kappa shape index (κ1) is 21.2. The van der Waals surface area contributed by atoms with Gasteiger partial charge in [0.25, 0.3) is 5.91 Å². The molecular weight excluding hydrogens is 359 g/mol. The number of nitrogens with two attached hydrogens (primary N) is 1. The fourth-order valence-corrected chi connectivity index (χ4v) is 2.87. The molecule has 1 aromatic carbocycles. The van der Waals surface area contributed by atoms with E-state index in [-0.39, 0.29) is 36.8 Å². The first-order chi connectivity index (χ1) is 11.1. The lowest BCUT2D eigenvalue weighted by molar-refractivity contribution is 0.0708. The molecule has 7 heteroatoms. The van der Waals surface area contributed by atoms with Gasteiger partial charge in [-0.05, 0) is 37.1 Å². The number of rotatable bonds is 3. The number of amides is 1. The number of nitrogens with zero attached hydrogens (tertiary/aromatic N) is 3. The molecule has 2 heterocycles. The van der Waals surface area contributed by atoms with Gasteiger partial charge in [0.05, 0.1) is 5.56 Å². The SMILES string of the molecule is CN(c1ccccc1)c1ccc(C(=O)N2CCCC(N)C2)cn1.Cl.Cl. The predicted molar refractivity (Wildman–Crippen MR) is 106 cm³/mol. The Balaban J connectivity index is 0.00000156. The number of carbonyl (C=O) groups is 1. The van der Waals surface area contributed by atoms with Gasteiger partial charge in [-0.25, -0.2) is 4.98 Å². The van der Waals surface area contributed by atoms with E-state index in [1.807, 2.05) is 59.3 Å². The third kappa shape index (κ3) is 5.08. The van der Waals surface area contributed by atoms with E-state index in [0.717, 1.165) is 30.9 Å². The highest BCUT2D eigenvalue weighted by Crippen LogP contribution is 2.21. The van der Waals surface area contributed by atoms with E-state index in [0.29, 0.717) is 12.1 Å². The van der Waals surface area contributed by atoms with E-state index in [1.54, 1.807) is 6.20 Å². The molecule has 1 fully saturated rings. The number of hydrogen-bond acceptors (Lipinski definition) is 4. The summed E-state index contributed by atoms with van der Waals surface area (Å²) in [6.07, 6.45) is 3.61. The number of aromatic nitrogens is 1. The van der Waals surface area contributed by atoms with Crippen molar-refractivity contribution in [3.63, 3.8) is 0 Å². The number of likely N-dealkylation sites (tertiary alicyclic amines) is 1. The lowest BCUT2D eigenvalue weighted by Crippen LogP contribution is -2.45. The van der Waals surface area contributed by atoms with Crippen LogP contribution in [0.25, 0.3) is 0 Å². The van der Waals surface area contributed by atoms with E-state index in [1.165, 1.54) is 0 Å². The van der Waals surface area contributed by atoms with Gasteiger partial charge in [0, 0.05) is 38.1 Å². The first-order valence-electron chi connectivity index (χ1n) is 7.95. The molecule has 0 radical (unpaired) electrons. The summed E-state index contributed by atoms with van der Waals surface area (Å²) in [6.45, 7) is 1.41. The molecule has 5 nitrogen and oxygen atoms in total. The highest BCUT2D eigenvalue weighted by Gasteiger charge is 2.22. The zero-order valence-electron chi connectivity index (χ0n) is 14.2. The van der Waals surface area contributed by atoms with Crippen LogP contribution in [0.15, 0.2) is 48.7 Å². The Morgan fingerprint density at radius 1 is 1.20 bits per heavy atom. The molecule has 136 valence electrons. The Morgan fingerprint density at radius 3 is 2.52 bits per heavy atom. The van der Waals surface area contributed by atoms with Gasteiger partial charge in [-0.2, -0.15) is 0 Å². The zero-order valence-corrected chi connectivity index (χ0v) is 15.8. The number of benzene rings is 1. The normalized spacial score (nSPS) is 16.4. The lowest BCUT2D eigenvalue weighted by atomic mass is 10.1. The lowest BCUT2D eigenvalue weighted by Gasteiger charge is -2.30. The van der Waals surface area contributed by atoms with Gasteiger partial charge in [0.2, 0.25) is 0 Å². The second-order valence-electron chi connectivity index (χ2n) is 5.95. The molecule has 1 aliphatic rings. The molecule has 0 spiro atoms. The van der Waals surface area contributed by atoms with E-state index in [4.69, 9.17) is 5.73 Å². The first-order valence-corrected chi connectivity index (χ1v) is 7.95. The highest BCUT2D eigenvalue weighted by molar-refractivity contribution is 5.94. The minimum atomic E-state index is 0. The maximum atomic E-state index is 12.5. The van der Waals surface area contributed by atoms with Crippen molar-refractivity contribution in [1.29, 1.82) is 0 Å². The smallest absolute Gasteiger partial charge is 0.255 e. The minimum Gasteiger partial charge on any atom is -0.337 e. The van der Waals surface area contributed by atoms with Crippen molar-refractivity contribution in [2.45, 2.75) is 18.9 Å². The number of piperidine rings is 1. The molecule has 25 heavy (non-hydrogen) atoms. The summed E-state index contributed by atoms with van der Waals surface area (Å²) in [7, 11) is 1.96. The Bertz CT molecular complexity index is 667. The molecule has 1 atom stereocenters. The number of pyridine rings is 1. The maximum Gasteiger partial charge on any atom is 0.255 e. The fourth-order valence-electron chi connectivity index (χ4n) is 2.87. The van der Waals surface area contributed by atoms with Crippen molar-refractivity contribution in [3.8, 4) is 0 Å². The van der Waals surface area contributed by atoms with Crippen LogP contribution < -0.4 is 10.6 Å². The van der Waals surface area contributed by atoms with E-state index >= 15 is 0 Å². The quantitative estimate of drug-likeness (QED) is 0.884.